The lowest BCUT2D eigenvalue weighted by molar-refractivity contribution is 0.0955. The second kappa shape index (κ2) is 10.7. The second-order valence-electron chi connectivity index (χ2n) is 5.71. The number of hydrogen-bond donors (Lipinski definition) is 2. The van der Waals surface area contributed by atoms with E-state index < -0.39 is 0 Å². The fourth-order valence-electron chi connectivity index (χ4n) is 2.61. The van der Waals surface area contributed by atoms with E-state index in [4.69, 9.17) is 5.73 Å². The van der Waals surface area contributed by atoms with E-state index in [-0.39, 0.29) is 30.7 Å². The van der Waals surface area contributed by atoms with Gasteiger partial charge in [-0.25, -0.2) is 0 Å². The topological polar surface area (TPSA) is 61.6 Å². The normalized spacial score (nSPS) is 14.9. The third-order valence-electron chi connectivity index (χ3n) is 3.97. The van der Waals surface area contributed by atoms with Crippen molar-refractivity contribution in [3.05, 3.63) is 29.8 Å². The molecule has 0 radical (unpaired) electrons. The molecule has 1 aliphatic heterocycles. The summed E-state index contributed by atoms with van der Waals surface area (Å²) in [7, 11) is 0. The van der Waals surface area contributed by atoms with E-state index in [2.05, 4.69) is 29.0 Å². The average molecular weight is 363 g/mol. The van der Waals surface area contributed by atoms with Gasteiger partial charge in [0.05, 0.1) is 0 Å². The third-order valence-corrected chi connectivity index (χ3v) is 3.97. The van der Waals surface area contributed by atoms with Crippen LogP contribution in [0.1, 0.15) is 24.2 Å². The van der Waals surface area contributed by atoms with Crippen molar-refractivity contribution in [2.75, 3.05) is 44.2 Å². The van der Waals surface area contributed by atoms with Crippen LogP contribution in [0, 0.1) is 0 Å². The number of halogens is 2. The number of nitrogens with one attached hydrogen (secondary N) is 1. The summed E-state index contributed by atoms with van der Waals surface area (Å²) < 4.78 is 0. The lowest BCUT2D eigenvalue weighted by atomic mass is 10.1. The first-order chi connectivity index (χ1) is 10.1. The maximum atomic E-state index is 11.8. The Balaban J connectivity index is 0.00000242. The number of rotatable bonds is 5. The number of hydrogen-bond acceptors (Lipinski definition) is 4. The van der Waals surface area contributed by atoms with Gasteiger partial charge >= 0.3 is 0 Å². The van der Waals surface area contributed by atoms with Crippen molar-refractivity contribution in [1.29, 1.82) is 0 Å². The van der Waals surface area contributed by atoms with Crippen molar-refractivity contribution in [1.82, 2.24) is 10.2 Å². The number of nitrogens with two attached hydrogens (primary N) is 1. The van der Waals surface area contributed by atoms with E-state index in [9.17, 15) is 4.79 Å². The molecule has 1 saturated heterocycles. The summed E-state index contributed by atoms with van der Waals surface area (Å²) in [4.78, 5) is 16.7. The van der Waals surface area contributed by atoms with Crippen molar-refractivity contribution in [2.45, 2.75) is 19.9 Å². The number of carbonyl (C=O) groups excluding carboxylic acids is 1. The molecule has 5 nitrogen and oxygen atoms in total. The molecule has 23 heavy (non-hydrogen) atoms. The molecular weight excluding hydrogens is 335 g/mol. The molecule has 1 aliphatic rings. The number of anilines is 1. The fourth-order valence-corrected chi connectivity index (χ4v) is 2.61. The van der Waals surface area contributed by atoms with Crippen molar-refractivity contribution in [2.24, 2.45) is 5.73 Å². The van der Waals surface area contributed by atoms with Gasteiger partial charge in [0, 0.05) is 56.6 Å². The van der Waals surface area contributed by atoms with E-state index in [1.165, 1.54) is 5.69 Å². The van der Waals surface area contributed by atoms with Crippen molar-refractivity contribution in [3.8, 4) is 0 Å². The van der Waals surface area contributed by atoms with Crippen LogP contribution in [-0.4, -0.2) is 56.1 Å². The SMILES string of the molecule is CC(C)N1CCN(c2ccc(C(=O)NCCN)cc2)CC1.Cl.Cl. The maximum Gasteiger partial charge on any atom is 0.251 e. The van der Waals surface area contributed by atoms with Gasteiger partial charge in [-0.15, -0.1) is 24.8 Å². The number of nitrogens with zero attached hydrogens (tertiary/aromatic N) is 2. The van der Waals surface area contributed by atoms with E-state index in [1.807, 2.05) is 24.3 Å². The Hall–Kier alpha value is -1.01. The molecule has 1 fully saturated rings. The number of benzene rings is 1. The molecule has 0 spiro atoms. The van der Waals surface area contributed by atoms with Crippen LogP contribution in [0.4, 0.5) is 5.69 Å². The van der Waals surface area contributed by atoms with Gasteiger partial charge in [-0.2, -0.15) is 0 Å². The lowest BCUT2D eigenvalue weighted by Crippen LogP contribution is -2.48. The van der Waals surface area contributed by atoms with Crippen LogP contribution >= 0.6 is 24.8 Å². The van der Waals surface area contributed by atoms with Gasteiger partial charge in [-0.05, 0) is 38.1 Å². The van der Waals surface area contributed by atoms with Crippen LogP contribution in [0.2, 0.25) is 0 Å². The Morgan fingerprint density at radius 2 is 1.70 bits per heavy atom. The first kappa shape index (κ1) is 22.0. The summed E-state index contributed by atoms with van der Waals surface area (Å²) in [6.07, 6.45) is 0. The fraction of sp³-hybridized carbons (Fsp3) is 0.562. The maximum absolute atomic E-state index is 11.8. The van der Waals surface area contributed by atoms with E-state index in [0.29, 0.717) is 24.7 Å². The second-order valence-corrected chi connectivity index (χ2v) is 5.71. The molecular formula is C16H28Cl2N4O. The lowest BCUT2D eigenvalue weighted by Gasteiger charge is -2.38. The molecule has 7 heteroatoms. The molecule has 1 aromatic rings. The van der Waals surface area contributed by atoms with Gasteiger partial charge in [0.1, 0.15) is 0 Å². The highest BCUT2D eigenvalue weighted by Crippen LogP contribution is 2.18. The molecule has 132 valence electrons. The van der Waals surface area contributed by atoms with Crippen LogP contribution < -0.4 is 16.0 Å². The minimum Gasteiger partial charge on any atom is -0.369 e. The summed E-state index contributed by atoms with van der Waals surface area (Å²) in [5.41, 5.74) is 7.26. The molecule has 0 atom stereocenters. The van der Waals surface area contributed by atoms with Gasteiger partial charge in [-0.3, -0.25) is 9.69 Å². The predicted molar refractivity (Wildman–Crippen MR) is 101 cm³/mol. The van der Waals surface area contributed by atoms with Crippen molar-refractivity contribution >= 4 is 36.4 Å². The Morgan fingerprint density at radius 1 is 1.13 bits per heavy atom. The van der Waals surface area contributed by atoms with Crippen LogP contribution in [0.15, 0.2) is 24.3 Å². The van der Waals surface area contributed by atoms with Crippen LogP contribution in [0.5, 0.6) is 0 Å². The molecule has 1 amide bonds. The molecule has 1 aromatic carbocycles. The van der Waals surface area contributed by atoms with Gasteiger partial charge in [-0.1, -0.05) is 0 Å². The zero-order chi connectivity index (χ0) is 15.2. The molecule has 0 bridgehead atoms. The average Bonchev–Trinajstić information content (AvgIpc) is 2.53. The summed E-state index contributed by atoms with van der Waals surface area (Å²) in [5, 5.41) is 2.78. The molecule has 2 rings (SSSR count). The minimum absolute atomic E-state index is 0. The first-order valence-corrected chi connectivity index (χ1v) is 7.69. The van der Waals surface area contributed by atoms with Crippen LogP contribution in [-0.2, 0) is 0 Å². The van der Waals surface area contributed by atoms with Crippen LogP contribution in [0.3, 0.4) is 0 Å². The predicted octanol–water partition coefficient (Wildman–Crippen LogP) is 1.75. The zero-order valence-electron chi connectivity index (χ0n) is 13.8. The zero-order valence-corrected chi connectivity index (χ0v) is 15.5. The highest BCUT2D eigenvalue weighted by atomic mass is 35.5. The number of amides is 1. The minimum atomic E-state index is -0.0587. The molecule has 0 aromatic heterocycles. The van der Waals surface area contributed by atoms with Gasteiger partial charge in [0.2, 0.25) is 0 Å². The van der Waals surface area contributed by atoms with Gasteiger partial charge in [0.25, 0.3) is 5.91 Å². The Kier molecular flexibility index (Phi) is 10.2. The standard InChI is InChI=1S/C16H26N4O.2ClH/c1-13(2)19-9-11-20(12-10-19)15-5-3-14(4-6-15)16(21)18-8-7-17;;/h3-6,13H,7-12,17H2,1-2H3,(H,18,21);2*1H. The monoisotopic (exact) mass is 362 g/mol. The Bertz CT molecular complexity index is 460. The van der Waals surface area contributed by atoms with E-state index in [0.717, 1.165) is 26.2 Å². The highest BCUT2D eigenvalue weighted by molar-refractivity contribution is 5.94. The van der Waals surface area contributed by atoms with Gasteiger partial charge < -0.3 is 16.0 Å². The van der Waals surface area contributed by atoms with Crippen LogP contribution in [0.25, 0.3) is 0 Å². The number of piperazine rings is 1. The largest absolute Gasteiger partial charge is 0.369 e. The Morgan fingerprint density at radius 3 is 2.17 bits per heavy atom. The quantitative estimate of drug-likeness (QED) is 0.837. The smallest absolute Gasteiger partial charge is 0.251 e. The summed E-state index contributed by atoms with van der Waals surface area (Å²) in [6, 6.07) is 8.44. The summed E-state index contributed by atoms with van der Waals surface area (Å²) in [6.45, 7) is 9.72. The molecule has 0 saturated carbocycles. The first-order valence-electron chi connectivity index (χ1n) is 7.69. The molecule has 1 heterocycles. The van der Waals surface area contributed by atoms with E-state index in [1.54, 1.807) is 0 Å². The molecule has 0 aliphatic carbocycles. The third kappa shape index (κ3) is 6.18. The molecule has 0 unspecified atom stereocenters. The number of carbonyl (C=O) groups is 1. The molecule has 3 N–H and O–H groups in total. The van der Waals surface area contributed by atoms with E-state index >= 15 is 0 Å². The van der Waals surface area contributed by atoms with Gasteiger partial charge in [0.15, 0.2) is 0 Å². The van der Waals surface area contributed by atoms with Crippen molar-refractivity contribution in [3.63, 3.8) is 0 Å². The summed E-state index contributed by atoms with van der Waals surface area (Å²) >= 11 is 0. The van der Waals surface area contributed by atoms with Crippen molar-refractivity contribution < 1.29 is 4.79 Å². The Labute approximate surface area is 151 Å². The summed E-state index contributed by atoms with van der Waals surface area (Å²) in [5.74, 6) is -0.0587. The highest BCUT2D eigenvalue weighted by Gasteiger charge is 2.19.